The van der Waals surface area contributed by atoms with Gasteiger partial charge in [0.2, 0.25) is 0 Å². The quantitative estimate of drug-likeness (QED) is 0.906. The van der Waals surface area contributed by atoms with Crippen molar-refractivity contribution in [1.82, 2.24) is 19.7 Å². The molecular formula is C19H24N6O. The summed E-state index contributed by atoms with van der Waals surface area (Å²) in [7, 11) is 1.95. The Morgan fingerprint density at radius 2 is 2.38 bits per heavy atom. The Labute approximate surface area is 153 Å². The lowest BCUT2D eigenvalue weighted by molar-refractivity contribution is -0.0533. The summed E-state index contributed by atoms with van der Waals surface area (Å²) in [6.07, 6.45) is 7.23. The molecule has 7 nitrogen and oxygen atoms in total. The Morgan fingerprint density at radius 1 is 1.46 bits per heavy atom. The van der Waals surface area contributed by atoms with Gasteiger partial charge in [-0.25, -0.2) is 4.98 Å². The zero-order valence-corrected chi connectivity index (χ0v) is 15.1. The van der Waals surface area contributed by atoms with Gasteiger partial charge in [-0.05, 0) is 31.5 Å². The fraction of sp³-hybridized carbons (Fsp3) is 0.526. The predicted molar refractivity (Wildman–Crippen MR) is 97.4 cm³/mol. The fourth-order valence-electron chi connectivity index (χ4n) is 4.15. The van der Waals surface area contributed by atoms with Gasteiger partial charge in [0.25, 0.3) is 0 Å². The van der Waals surface area contributed by atoms with E-state index in [0.717, 1.165) is 44.7 Å². The minimum Gasteiger partial charge on any atom is -0.371 e. The van der Waals surface area contributed by atoms with Crippen molar-refractivity contribution in [3.63, 3.8) is 0 Å². The number of likely N-dealkylation sites (tertiary alicyclic amines) is 1. The van der Waals surface area contributed by atoms with E-state index in [1.165, 1.54) is 5.56 Å². The highest BCUT2D eigenvalue weighted by atomic mass is 16.5. The number of ether oxygens (including phenoxy) is 1. The molecular weight excluding hydrogens is 328 g/mol. The molecule has 0 bridgehead atoms. The van der Waals surface area contributed by atoms with Crippen molar-refractivity contribution in [3.8, 4) is 6.07 Å². The Kier molecular flexibility index (Phi) is 4.62. The molecule has 0 amide bonds. The van der Waals surface area contributed by atoms with Crippen molar-refractivity contribution in [2.24, 2.45) is 7.05 Å². The Hall–Kier alpha value is -2.43. The van der Waals surface area contributed by atoms with Crippen LogP contribution in [0, 0.1) is 11.3 Å². The van der Waals surface area contributed by atoms with Crippen LogP contribution in [-0.2, 0) is 18.3 Å². The molecule has 1 spiro atoms. The Bertz CT molecular complexity index is 812. The summed E-state index contributed by atoms with van der Waals surface area (Å²) < 4.78 is 8.13. The van der Waals surface area contributed by atoms with Crippen LogP contribution in [0.2, 0.25) is 0 Å². The molecule has 2 saturated heterocycles. The van der Waals surface area contributed by atoms with Crippen molar-refractivity contribution in [2.75, 3.05) is 25.0 Å². The van der Waals surface area contributed by atoms with Crippen LogP contribution < -0.4 is 5.32 Å². The number of nitrogens with one attached hydrogen (secondary N) is 1. The van der Waals surface area contributed by atoms with Gasteiger partial charge in [-0.1, -0.05) is 6.07 Å². The zero-order chi connectivity index (χ0) is 18.0. The van der Waals surface area contributed by atoms with Crippen LogP contribution in [0.5, 0.6) is 0 Å². The molecule has 7 heteroatoms. The first-order valence-corrected chi connectivity index (χ1v) is 9.12. The monoisotopic (exact) mass is 352 g/mol. The summed E-state index contributed by atoms with van der Waals surface area (Å²) in [5.41, 5.74) is 1.60. The Morgan fingerprint density at radius 3 is 3.19 bits per heavy atom. The molecule has 0 saturated carbocycles. The first-order valence-electron chi connectivity index (χ1n) is 9.12. The van der Waals surface area contributed by atoms with Gasteiger partial charge >= 0.3 is 0 Å². The van der Waals surface area contributed by atoms with Crippen LogP contribution in [0.4, 0.5) is 5.82 Å². The van der Waals surface area contributed by atoms with Gasteiger partial charge in [-0.2, -0.15) is 10.4 Å². The SMILES string of the molecule is Cn1cc(CN2CCC[C@@]3(C[C@H](Nc4cccc(C#N)n4)CO3)C2)cn1. The summed E-state index contributed by atoms with van der Waals surface area (Å²) in [5, 5.41) is 16.7. The van der Waals surface area contributed by atoms with Crippen LogP contribution in [0.15, 0.2) is 30.6 Å². The topological polar surface area (TPSA) is 79.0 Å². The lowest BCUT2D eigenvalue weighted by atomic mass is 9.88. The van der Waals surface area contributed by atoms with Crippen molar-refractivity contribution >= 4 is 5.82 Å². The average molecular weight is 352 g/mol. The van der Waals surface area contributed by atoms with Crippen molar-refractivity contribution in [3.05, 3.63) is 41.9 Å². The summed E-state index contributed by atoms with van der Waals surface area (Å²) >= 11 is 0. The molecule has 0 unspecified atom stereocenters. The van der Waals surface area contributed by atoms with E-state index < -0.39 is 0 Å². The van der Waals surface area contributed by atoms with Gasteiger partial charge in [0, 0.05) is 38.3 Å². The van der Waals surface area contributed by atoms with E-state index in [9.17, 15) is 0 Å². The smallest absolute Gasteiger partial charge is 0.142 e. The van der Waals surface area contributed by atoms with Crippen LogP contribution in [0.1, 0.15) is 30.5 Å². The highest BCUT2D eigenvalue weighted by Crippen LogP contribution is 2.36. The number of hydrogen-bond donors (Lipinski definition) is 1. The van der Waals surface area contributed by atoms with Crippen LogP contribution in [-0.4, -0.2) is 51.0 Å². The summed E-state index contributed by atoms with van der Waals surface area (Å²) in [4.78, 5) is 6.78. The molecule has 0 aliphatic carbocycles. The highest BCUT2D eigenvalue weighted by Gasteiger charge is 2.43. The van der Waals surface area contributed by atoms with Gasteiger partial charge in [0.15, 0.2) is 0 Å². The molecule has 2 aliphatic heterocycles. The third-order valence-corrected chi connectivity index (χ3v) is 5.21. The van der Waals surface area contributed by atoms with E-state index in [0.29, 0.717) is 12.3 Å². The maximum absolute atomic E-state index is 9.00. The van der Waals surface area contributed by atoms with Gasteiger partial charge in [0.1, 0.15) is 17.6 Å². The van der Waals surface area contributed by atoms with Gasteiger partial charge in [-0.15, -0.1) is 0 Å². The maximum atomic E-state index is 9.00. The predicted octanol–water partition coefficient (Wildman–Crippen LogP) is 1.92. The van der Waals surface area contributed by atoms with E-state index in [-0.39, 0.29) is 11.6 Å². The maximum Gasteiger partial charge on any atom is 0.142 e. The molecule has 4 heterocycles. The number of pyridine rings is 1. The van der Waals surface area contributed by atoms with E-state index in [2.05, 4.69) is 32.6 Å². The number of piperidine rings is 1. The third kappa shape index (κ3) is 3.71. The number of hydrogen-bond acceptors (Lipinski definition) is 6. The van der Waals surface area contributed by atoms with Gasteiger partial charge in [0.05, 0.1) is 24.4 Å². The van der Waals surface area contributed by atoms with Gasteiger partial charge in [-0.3, -0.25) is 9.58 Å². The molecule has 0 aromatic carbocycles. The van der Waals surface area contributed by atoms with Crippen LogP contribution in [0.25, 0.3) is 0 Å². The highest BCUT2D eigenvalue weighted by molar-refractivity contribution is 5.39. The molecule has 2 aromatic rings. The number of aromatic nitrogens is 3. The fourth-order valence-corrected chi connectivity index (χ4v) is 4.15. The van der Waals surface area contributed by atoms with E-state index >= 15 is 0 Å². The molecule has 4 rings (SSSR count). The number of aryl methyl sites for hydroxylation is 1. The van der Waals surface area contributed by atoms with Crippen LogP contribution in [0.3, 0.4) is 0 Å². The second-order valence-electron chi connectivity index (χ2n) is 7.40. The van der Waals surface area contributed by atoms with Crippen molar-refractivity contribution in [1.29, 1.82) is 5.26 Å². The standard InChI is InChI=1S/C19H24N6O/c1-24-11-15(10-21-24)12-25-7-3-6-19(14-25)8-17(13-26-19)23-18-5-2-4-16(9-20)22-18/h2,4-5,10-11,17H,3,6-8,12-14H2,1H3,(H,22,23)/t17-,19+/m0/s1. The lowest BCUT2D eigenvalue weighted by Crippen LogP contribution is -2.47. The first kappa shape index (κ1) is 17.0. The summed E-state index contributed by atoms with van der Waals surface area (Å²) in [6, 6.07) is 7.79. The molecule has 2 atom stereocenters. The number of anilines is 1. The molecule has 2 aliphatic rings. The Balaban J connectivity index is 1.37. The number of nitriles is 1. The molecule has 136 valence electrons. The van der Waals surface area contributed by atoms with E-state index in [1.807, 2.05) is 30.1 Å². The van der Waals surface area contributed by atoms with E-state index in [1.54, 1.807) is 6.07 Å². The van der Waals surface area contributed by atoms with E-state index in [4.69, 9.17) is 10.00 Å². The summed E-state index contributed by atoms with van der Waals surface area (Å²) in [5.74, 6) is 0.748. The lowest BCUT2D eigenvalue weighted by Gasteiger charge is -2.39. The van der Waals surface area contributed by atoms with Crippen molar-refractivity contribution in [2.45, 2.75) is 37.5 Å². The summed E-state index contributed by atoms with van der Waals surface area (Å²) in [6.45, 7) is 3.65. The third-order valence-electron chi connectivity index (χ3n) is 5.21. The number of rotatable bonds is 4. The minimum atomic E-state index is -0.0784. The minimum absolute atomic E-state index is 0.0784. The van der Waals surface area contributed by atoms with Crippen molar-refractivity contribution < 1.29 is 4.74 Å². The second kappa shape index (κ2) is 7.06. The zero-order valence-electron chi connectivity index (χ0n) is 15.1. The normalized spacial score (nSPS) is 26.1. The molecule has 0 radical (unpaired) electrons. The molecule has 2 fully saturated rings. The van der Waals surface area contributed by atoms with Gasteiger partial charge < -0.3 is 10.1 Å². The van der Waals surface area contributed by atoms with Crippen LogP contribution >= 0.6 is 0 Å². The molecule has 1 N–H and O–H groups in total. The largest absolute Gasteiger partial charge is 0.371 e. The molecule has 26 heavy (non-hydrogen) atoms. The second-order valence-corrected chi connectivity index (χ2v) is 7.40. The molecule has 2 aromatic heterocycles. The number of nitrogens with zero attached hydrogens (tertiary/aromatic N) is 5. The average Bonchev–Trinajstić information content (AvgIpc) is 3.21. The first-order chi connectivity index (χ1) is 12.6.